The molecule has 1 aromatic rings. The zero-order valence-corrected chi connectivity index (χ0v) is 16.0. The minimum Gasteiger partial charge on any atom is -0.379 e. The molecule has 0 spiro atoms. The molecule has 0 saturated carbocycles. The largest absolute Gasteiger partial charge is 0.379 e. The molecule has 1 aliphatic rings. The summed E-state index contributed by atoms with van der Waals surface area (Å²) >= 11 is 0. The van der Waals surface area contributed by atoms with Crippen LogP contribution in [0.15, 0.2) is 10.6 Å². The molecule has 0 unspecified atom stereocenters. The van der Waals surface area contributed by atoms with Gasteiger partial charge in [-0.05, 0) is 27.7 Å². The molecule has 0 aliphatic carbocycles. The quantitative estimate of drug-likeness (QED) is 0.780. The summed E-state index contributed by atoms with van der Waals surface area (Å²) in [6, 6.07) is 1.36. The lowest BCUT2D eigenvalue weighted by molar-refractivity contribution is -0.116. The van der Waals surface area contributed by atoms with Gasteiger partial charge in [-0.25, -0.2) is 4.79 Å². The van der Waals surface area contributed by atoms with Crippen LogP contribution in [0.5, 0.6) is 0 Å². The topological polar surface area (TPSA) is 99.9 Å². The van der Waals surface area contributed by atoms with Gasteiger partial charge in [0, 0.05) is 37.8 Å². The van der Waals surface area contributed by atoms with E-state index in [0.717, 1.165) is 13.1 Å². The zero-order valence-electron chi connectivity index (χ0n) is 16.0. The molecule has 26 heavy (non-hydrogen) atoms. The van der Waals surface area contributed by atoms with Gasteiger partial charge >= 0.3 is 6.03 Å². The fourth-order valence-electron chi connectivity index (χ4n) is 2.52. The maximum atomic E-state index is 12.6. The molecule has 2 heterocycles. The molecule has 0 aromatic carbocycles. The van der Waals surface area contributed by atoms with Crippen molar-refractivity contribution in [2.45, 2.75) is 33.2 Å². The number of aromatic nitrogens is 1. The van der Waals surface area contributed by atoms with Gasteiger partial charge in [-0.2, -0.15) is 0 Å². The van der Waals surface area contributed by atoms with E-state index in [1.165, 1.54) is 4.90 Å². The van der Waals surface area contributed by atoms with E-state index in [-0.39, 0.29) is 24.0 Å². The summed E-state index contributed by atoms with van der Waals surface area (Å²) in [7, 11) is 0. The molecule has 0 bridgehead atoms. The van der Waals surface area contributed by atoms with Gasteiger partial charge < -0.3 is 24.8 Å². The van der Waals surface area contributed by atoms with E-state index in [0.29, 0.717) is 37.9 Å². The van der Waals surface area contributed by atoms with E-state index in [1.807, 2.05) is 20.8 Å². The number of anilines is 1. The van der Waals surface area contributed by atoms with Crippen LogP contribution >= 0.6 is 0 Å². The van der Waals surface area contributed by atoms with Gasteiger partial charge in [0.2, 0.25) is 5.91 Å². The van der Waals surface area contributed by atoms with Crippen LogP contribution in [0, 0.1) is 6.92 Å². The Morgan fingerprint density at radius 1 is 1.31 bits per heavy atom. The molecule has 2 rings (SSSR count). The Balaban J connectivity index is 1.93. The van der Waals surface area contributed by atoms with E-state index in [1.54, 1.807) is 13.0 Å². The van der Waals surface area contributed by atoms with Crippen molar-refractivity contribution in [3.05, 3.63) is 11.8 Å². The Bertz CT molecular complexity index is 605. The molecular weight excluding hydrogens is 338 g/mol. The highest BCUT2D eigenvalue weighted by Gasteiger charge is 2.23. The van der Waals surface area contributed by atoms with Crippen molar-refractivity contribution in [1.29, 1.82) is 0 Å². The fourth-order valence-corrected chi connectivity index (χ4v) is 2.52. The molecule has 9 heteroatoms. The number of ether oxygens (including phenoxy) is 1. The first-order chi connectivity index (χ1) is 12.2. The van der Waals surface area contributed by atoms with Crippen molar-refractivity contribution in [2.75, 3.05) is 51.3 Å². The van der Waals surface area contributed by atoms with Gasteiger partial charge in [0.25, 0.3) is 0 Å². The average Bonchev–Trinajstić information content (AvgIpc) is 2.95. The van der Waals surface area contributed by atoms with E-state index < -0.39 is 0 Å². The lowest BCUT2D eigenvalue weighted by atomic mass is 10.1. The summed E-state index contributed by atoms with van der Waals surface area (Å²) in [5.74, 6) is 0.635. The van der Waals surface area contributed by atoms with Crippen LogP contribution in [0.2, 0.25) is 0 Å². The van der Waals surface area contributed by atoms with Crippen LogP contribution in [0.4, 0.5) is 10.6 Å². The number of nitrogens with one attached hydrogen (secondary N) is 2. The molecule has 146 valence electrons. The predicted octanol–water partition coefficient (Wildman–Crippen LogP) is 1.06. The molecule has 1 saturated heterocycles. The van der Waals surface area contributed by atoms with Crippen molar-refractivity contribution >= 4 is 17.8 Å². The van der Waals surface area contributed by atoms with Crippen LogP contribution in [-0.4, -0.2) is 78.4 Å². The van der Waals surface area contributed by atoms with Crippen LogP contribution in [0.3, 0.4) is 0 Å². The van der Waals surface area contributed by atoms with Crippen molar-refractivity contribution in [3.8, 4) is 0 Å². The minimum atomic E-state index is -0.381. The normalized spacial score (nSPS) is 15.5. The molecular formula is C17H29N5O4. The van der Waals surface area contributed by atoms with Gasteiger partial charge in [0.15, 0.2) is 5.82 Å². The highest BCUT2D eigenvalue weighted by atomic mass is 16.5. The highest BCUT2D eigenvalue weighted by Crippen LogP contribution is 2.08. The third-order valence-electron chi connectivity index (χ3n) is 3.79. The number of rotatable bonds is 6. The third-order valence-corrected chi connectivity index (χ3v) is 3.79. The summed E-state index contributed by atoms with van der Waals surface area (Å²) in [5.41, 5.74) is -0.381. The highest BCUT2D eigenvalue weighted by molar-refractivity contribution is 5.93. The summed E-state index contributed by atoms with van der Waals surface area (Å²) in [4.78, 5) is 28.6. The van der Waals surface area contributed by atoms with Crippen molar-refractivity contribution in [3.63, 3.8) is 0 Å². The fraction of sp³-hybridized carbons (Fsp3) is 0.706. The second-order valence-electron chi connectivity index (χ2n) is 7.43. The number of urea groups is 1. The van der Waals surface area contributed by atoms with Crippen LogP contribution < -0.4 is 10.6 Å². The Hall–Kier alpha value is -2.13. The van der Waals surface area contributed by atoms with E-state index in [9.17, 15) is 9.59 Å². The predicted molar refractivity (Wildman–Crippen MR) is 97.0 cm³/mol. The minimum absolute atomic E-state index is 0.0574. The summed E-state index contributed by atoms with van der Waals surface area (Å²) < 4.78 is 10.3. The van der Waals surface area contributed by atoms with E-state index in [4.69, 9.17) is 9.26 Å². The lowest BCUT2D eigenvalue weighted by Crippen LogP contribution is -2.52. The van der Waals surface area contributed by atoms with Crippen LogP contribution in [0.25, 0.3) is 0 Å². The number of amides is 3. The number of morpholine rings is 1. The van der Waals surface area contributed by atoms with Crippen molar-refractivity contribution in [1.82, 2.24) is 20.3 Å². The zero-order chi connectivity index (χ0) is 19.2. The SMILES string of the molecule is Cc1cc(NC(=O)CN(CCN2CCOCC2)C(=O)NC(C)(C)C)no1. The number of hydrogen-bond acceptors (Lipinski definition) is 6. The Kier molecular flexibility index (Phi) is 6.98. The third kappa shape index (κ3) is 7.01. The Morgan fingerprint density at radius 2 is 2.00 bits per heavy atom. The second-order valence-corrected chi connectivity index (χ2v) is 7.43. The number of aryl methyl sites for hydroxylation is 1. The maximum Gasteiger partial charge on any atom is 0.318 e. The molecule has 2 N–H and O–H groups in total. The lowest BCUT2D eigenvalue weighted by Gasteiger charge is -2.31. The Labute approximate surface area is 154 Å². The molecule has 0 atom stereocenters. The molecule has 9 nitrogen and oxygen atoms in total. The Morgan fingerprint density at radius 3 is 2.58 bits per heavy atom. The van der Waals surface area contributed by atoms with Gasteiger partial charge in [-0.3, -0.25) is 9.69 Å². The number of carbonyl (C=O) groups excluding carboxylic acids is 2. The van der Waals surface area contributed by atoms with Crippen molar-refractivity contribution < 1.29 is 18.8 Å². The number of nitrogens with zero attached hydrogens (tertiary/aromatic N) is 3. The average molecular weight is 367 g/mol. The molecule has 1 aliphatic heterocycles. The van der Waals surface area contributed by atoms with Gasteiger partial charge in [0.1, 0.15) is 12.3 Å². The molecule has 3 amide bonds. The van der Waals surface area contributed by atoms with Crippen LogP contribution in [-0.2, 0) is 9.53 Å². The number of carbonyl (C=O) groups is 2. The molecule has 1 aromatic heterocycles. The van der Waals surface area contributed by atoms with Crippen LogP contribution in [0.1, 0.15) is 26.5 Å². The van der Waals surface area contributed by atoms with E-state index >= 15 is 0 Å². The van der Waals surface area contributed by atoms with Gasteiger partial charge in [-0.1, -0.05) is 5.16 Å². The maximum absolute atomic E-state index is 12.6. The first-order valence-electron chi connectivity index (χ1n) is 8.83. The number of hydrogen-bond donors (Lipinski definition) is 2. The first-order valence-corrected chi connectivity index (χ1v) is 8.83. The standard InChI is InChI=1S/C17H29N5O4/c1-13-11-14(20-26-13)18-15(23)12-22(16(24)19-17(2,3)4)6-5-21-7-9-25-10-8-21/h11H,5-10,12H2,1-4H3,(H,19,24)(H,18,20,23). The summed E-state index contributed by atoms with van der Waals surface area (Å²) in [6.45, 7) is 11.6. The summed E-state index contributed by atoms with van der Waals surface area (Å²) in [5, 5.41) is 9.30. The summed E-state index contributed by atoms with van der Waals surface area (Å²) in [6.07, 6.45) is 0. The second kappa shape index (κ2) is 9.00. The first kappa shape index (κ1) is 20.2. The molecule has 1 fully saturated rings. The monoisotopic (exact) mass is 367 g/mol. The van der Waals surface area contributed by atoms with Gasteiger partial charge in [0.05, 0.1) is 13.2 Å². The van der Waals surface area contributed by atoms with Gasteiger partial charge in [-0.15, -0.1) is 0 Å². The smallest absolute Gasteiger partial charge is 0.318 e. The molecule has 0 radical (unpaired) electrons. The van der Waals surface area contributed by atoms with Crippen molar-refractivity contribution in [2.24, 2.45) is 0 Å². The van der Waals surface area contributed by atoms with E-state index in [2.05, 4.69) is 20.7 Å².